The van der Waals surface area contributed by atoms with E-state index in [-0.39, 0.29) is 18.5 Å². The van der Waals surface area contributed by atoms with Gasteiger partial charge < -0.3 is 9.47 Å². The second-order valence-corrected chi connectivity index (χ2v) is 6.19. The minimum Gasteiger partial charge on any atom is -0.338 e. The molecule has 0 aliphatic carbocycles. The Labute approximate surface area is 132 Å². The van der Waals surface area contributed by atoms with Gasteiger partial charge in [0.05, 0.1) is 6.33 Å². The highest BCUT2D eigenvalue weighted by atomic mass is 16.2. The molecule has 0 saturated carbocycles. The first-order chi connectivity index (χ1) is 10.9. The third-order valence-corrected chi connectivity index (χ3v) is 4.62. The number of likely N-dealkylation sites (tertiary alicyclic amines) is 1. The number of carbonyl (C=O) groups excluding carboxylic acids is 1. The Morgan fingerprint density at radius 2 is 2.04 bits per heavy atom. The van der Waals surface area contributed by atoms with Crippen molar-refractivity contribution in [3.05, 3.63) is 27.2 Å². The molecule has 3 heterocycles. The predicted octanol–water partition coefficient (Wildman–Crippen LogP) is -0.165. The van der Waals surface area contributed by atoms with Gasteiger partial charge in [-0.1, -0.05) is 0 Å². The Hall–Kier alpha value is -2.38. The van der Waals surface area contributed by atoms with E-state index in [4.69, 9.17) is 0 Å². The summed E-state index contributed by atoms with van der Waals surface area (Å²) in [6.45, 7) is 2.46. The minimum atomic E-state index is -0.515. The summed E-state index contributed by atoms with van der Waals surface area (Å²) >= 11 is 0. The summed E-state index contributed by atoms with van der Waals surface area (Å²) in [5.41, 5.74) is -0.329. The number of fused-ring (bicyclic) bond motifs is 1. The smallest absolute Gasteiger partial charge is 0.332 e. The molecule has 0 radical (unpaired) electrons. The largest absolute Gasteiger partial charge is 0.338 e. The lowest BCUT2D eigenvalue weighted by atomic mass is 10.0. The van der Waals surface area contributed by atoms with Crippen molar-refractivity contribution in [3.8, 4) is 0 Å². The van der Waals surface area contributed by atoms with Crippen LogP contribution in [0.1, 0.15) is 26.2 Å². The molecule has 2 aromatic heterocycles. The van der Waals surface area contributed by atoms with Crippen LogP contribution in [-0.4, -0.2) is 42.1 Å². The van der Waals surface area contributed by atoms with E-state index in [0.717, 1.165) is 23.8 Å². The first-order valence-corrected chi connectivity index (χ1v) is 7.82. The molecule has 8 heteroatoms. The molecule has 0 N–H and O–H groups in total. The molecule has 23 heavy (non-hydrogen) atoms. The summed E-state index contributed by atoms with van der Waals surface area (Å²) in [6.07, 6.45) is 4.52. The standard InChI is InChI=1S/C15H21N5O3/c1-10-6-4-5-7-19(10)11(21)8-20-14(22)12-13(16-9-17(12)2)18(3)15(20)23/h9-10H,4-8H2,1-3H3. The summed E-state index contributed by atoms with van der Waals surface area (Å²) in [5.74, 6) is -0.182. The average molecular weight is 319 g/mol. The van der Waals surface area contributed by atoms with Crippen LogP contribution in [0.4, 0.5) is 0 Å². The van der Waals surface area contributed by atoms with Crippen LogP contribution in [0.25, 0.3) is 11.2 Å². The lowest BCUT2D eigenvalue weighted by molar-refractivity contribution is -0.135. The molecule has 8 nitrogen and oxygen atoms in total. The Balaban J connectivity index is 2.03. The van der Waals surface area contributed by atoms with Crippen LogP contribution in [0.5, 0.6) is 0 Å². The van der Waals surface area contributed by atoms with Gasteiger partial charge >= 0.3 is 5.69 Å². The Kier molecular flexibility index (Phi) is 3.83. The van der Waals surface area contributed by atoms with E-state index < -0.39 is 11.2 Å². The molecular weight excluding hydrogens is 298 g/mol. The van der Waals surface area contributed by atoms with E-state index in [1.165, 1.54) is 10.9 Å². The van der Waals surface area contributed by atoms with Gasteiger partial charge in [-0.15, -0.1) is 0 Å². The van der Waals surface area contributed by atoms with Crippen LogP contribution < -0.4 is 11.2 Å². The molecule has 1 fully saturated rings. The molecule has 3 rings (SSSR count). The maximum atomic E-state index is 12.6. The highest BCUT2D eigenvalue weighted by Crippen LogP contribution is 2.16. The fourth-order valence-electron chi connectivity index (χ4n) is 3.23. The third-order valence-electron chi connectivity index (χ3n) is 4.62. The molecule has 1 unspecified atom stereocenters. The molecule has 1 amide bonds. The third kappa shape index (κ3) is 2.47. The number of amides is 1. The van der Waals surface area contributed by atoms with Crippen molar-refractivity contribution in [1.29, 1.82) is 0 Å². The van der Waals surface area contributed by atoms with Crippen LogP contribution in [0.2, 0.25) is 0 Å². The van der Waals surface area contributed by atoms with E-state index in [0.29, 0.717) is 17.7 Å². The summed E-state index contributed by atoms with van der Waals surface area (Å²) < 4.78 is 3.89. The Morgan fingerprint density at radius 3 is 2.74 bits per heavy atom. The monoisotopic (exact) mass is 319 g/mol. The maximum absolute atomic E-state index is 12.6. The number of rotatable bonds is 2. The first-order valence-electron chi connectivity index (χ1n) is 7.82. The number of aromatic nitrogens is 4. The molecule has 1 aliphatic heterocycles. The van der Waals surface area contributed by atoms with Gasteiger partial charge in [0.25, 0.3) is 5.56 Å². The molecule has 1 saturated heterocycles. The number of imidazole rings is 1. The first kappa shape index (κ1) is 15.5. The number of aryl methyl sites for hydroxylation is 2. The highest BCUT2D eigenvalue weighted by molar-refractivity contribution is 5.77. The lowest BCUT2D eigenvalue weighted by Gasteiger charge is -2.33. The second-order valence-electron chi connectivity index (χ2n) is 6.19. The Morgan fingerprint density at radius 1 is 1.30 bits per heavy atom. The van der Waals surface area contributed by atoms with Crippen LogP contribution in [0.15, 0.2) is 15.9 Å². The van der Waals surface area contributed by atoms with Crippen molar-refractivity contribution in [2.45, 2.75) is 38.8 Å². The van der Waals surface area contributed by atoms with Crippen molar-refractivity contribution in [3.63, 3.8) is 0 Å². The van der Waals surface area contributed by atoms with Crippen LogP contribution in [0.3, 0.4) is 0 Å². The van der Waals surface area contributed by atoms with Crippen molar-refractivity contribution in [2.75, 3.05) is 6.54 Å². The zero-order valence-electron chi connectivity index (χ0n) is 13.7. The molecule has 0 bridgehead atoms. The summed E-state index contributed by atoms with van der Waals surface area (Å²) in [6, 6.07) is 0.149. The van der Waals surface area contributed by atoms with Gasteiger partial charge in [-0.25, -0.2) is 14.3 Å². The Bertz CT molecular complexity index is 876. The molecular formula is C15H21N5O3. The highest BCUT2D eigenvalue weighted by Gasteiger charge is 2.25. The van der Waals surface area contributed by atoms with Crippen molar-refractivity contribution < 1.29 is 4.79 Å². The van der Waals surface area contributed by atoms with Gasteiger partial charge in [-0.3, -0.25) is 14.2 Å². The van der Waals surface area contributed by atoms with E-state index in [1.807, 2.05) is 6.92 Å². The quantitative estimate of drug-likeness (QED) is 0.770. The molecule has 0 spiro atoms. The van der Waals surface area contributed by atoms with Crippen LogP contribution in [0, 0.1) is 0 Å². The van der Waals surface area contributed by atoms with Gasteiger partial charge in [0.1, 0.15) is 6.54 Å². The van der Waals surface area contributed by atoms with Gasteiger partial charge in [0, 0.05) is 26.7 Å². The van der Waals surface area contributed by atoms with Gasteiger partial charge in [0.15, 0.2) is 11.2 Å². The van der Waals surface area contributed by atoms with Crippen LogP contribution in [-0.2, 0) is 25.4 Å². The fourth-order valence-corrected chi connectivity index (χ4v) is 3.23. The molecule has 1 aliphatic rings. The van der Waals surface area contributed by atoms with Crippen LogP contribution >= 0.6 is 0 Å². The van der Waals surface area contributed by atoms with E-state index in [2.05, 4.69) is 4.98 Å². The zero-order chi connectivity index (χ0) is 16.7. The second kappa shape index (κ2) is 5.68. The number of carbonyl (C=O) groups is 1. The van der Waals surface area contributed by atoms with Crippen molar-refractivity contribution >= 4 is 17.1 Å². The predicted molar refractivity (Wildman–Crippen MR) is 85.2 cm³/mol. The number of hydrogen-bond donors (Lipinski definition) is 0. The lowest BCUT2D eigenvalue weighted by Crippen LogP contribution is -2.48. The molecule has 0 aromatic carbocycles. The summed E-state index contributed by atoms with van der Waals surface area (Å²) in [5, 5.41) is 0. The normalized spacial score (nSPS) is 18.6. The minimum absolute atomic E-state index is 0.149. The van der Waals surface area contributed by atoms with Gasteiger partial charge in [-0.05, 0) is 26.2 Å². The average Bonchev–Trinajstić information content (AvgIpc) is 2.91. The van der Waals surface area contributed by atoms with Gasteiger partial charge in [-0.2, -0.15) is 0 Å². The maximum Gasteiger partial charge on any atom is 0.332 e. The van der Waals surface area contributed by atoms with Gasteiger partial charge in [0.2, 0.25) is 5.91 Å². The number of nitrogens with zero attached hydrogens (tertiary/aromatic N) is 5. The number of hydrogen-bond acceptors (Lipinski definition) is 4. The molecule has 2 aromatic rings. The van der Waals surface area contributed by atoms with E-state index in [9.17, 15) is 14.4 Å². The number of piperidine rings is 1. The van der Waals surface area contributed by atoms with Crippen molar-refractivity contribution in [2.24, 2.45) is 14.1 Å². The molecule has 124 valence electrons. The SMILES string of the molecule is CC1CCCCN1C(=O)Cn1c(=O)c2c(ncn2C)n(C)c1=O. The topological polar surface area (TPSA) is 82.1 Å². The zero-order valence-corrected chi connectivity index (χ0v) is 13.7. The summed E-state index contributed by atoms with van der Waals surface area (Å²) in [4.78, 5) is 43.4. The van der Waals surface area contributed by atoms with Crippen molar-refractivity contribution in [1.82, 2.24) is 23.6 Å². The van der Waals surface area contributed by atoms with E-state index >= 15 is 0 Å². The fraction of sp³-hybridized carbons (Fsp3) is 0.600. The molecule has 1 atom stereocenters. The van der Waals surface area contributed by atoms with E-state index in [1.54, 1.807) is 23.6 Å². The summed E-state index contributed by atoms with van der Waals surface area (Å²) in [7, 11) is 3.25.